The van der Waals surface area contributed by atoms with Gasteiger partial charge < -0.3 is 25.4 Å². The van der Waals surface area contributed by atoms with Crippen LogP contribution in [0.15, 0.2) is 82.6 Å². The lowest BCUT2D eigenvalue weighted by Crippen LogP contribution is -2.52. The molecular formula is C30H31N3O5S. The average Bonchev–Trinajstić information content (AvgIpc) is 3.37. The molecule has 1 unspecified atom stereocenters. The molecule has 0 saturated carbocycles. The molecule has 2 heterocycles. The van der Waals surface area contributed by atoms with Crippen LogP contribution in [0.3, 0.4) is 0 Å². The van der Waals surface area contributed by atoms with Crippen LogP contribution in [0.2, 0.25) is 0 Å². The van der Waals surface area contributed by atoms with Crippen LogP contribution in [0.1, 0.15) is 47.4 Å². The largest absolute Gasteiger partial charge is 0.430 e. The van der Waals surface area contributed by atoms with Gasteiger partial charge >= 0.3 is 5.97 Å². The first-order valence-corrected chi connectivity index (χ1v) is 13.9. The van der Waals surface area contributed by atoms with Gasteiger partial charge in [0.15, 0.2) is 0 Å². The minimum Gasteiger partial charge on any atom is -0.430 e. The van der Waals surface area contributed by atoms with E-state index in [1.54, 1.807) is 42.1 Å². The zero-order valence-corrected chi connectivity index (χ0v) is 22.6. The number of amides is 2. The predicted molar refractivity (Wildman–Crippen MR) is 149 cm³/mol. The fourth-order valence-electron chi connectivity index (χ4n) is 4.58. The van der Waals surface area contributed by atoms with E-state index in [2.05, 4.69) is 16.0 Å². The summed E-state index contributed by atoms with van der Waals surface area (Å²) in [6, 6.07) is 20.9. The quantitative estimate of drug-likeness (QED) is 0.264. The van der Waals surface area contributed by atoms with E-state index in [0.717, 1.165) is 21.2 Å². The molecule has 2 aliphatic heterocycles. The van der Waals surface area contributed by atoms with Crippen molar-refractivity contribution in [3.63, 3.8) is 0 Å². The fourth-order valence-corrected chi connectivity index (χ4v) is 5.54. The lowest BCUT2D eigenvalue weighted by atomic mass is 10.0. The summed E-state index contributed by atoms with van der Waals surface area (Å²) in [4.78, 5) is 41.2. The van der Waals surface area contributed by atoms with Crippen LogP contribution in [0.25, 0.3) is 0 Å². The molecule has 3 aromatic carbocycles. The number of ether oxygens (including phenoxy) is 2. The number of carbonyl (C=O) groups excluding carboxylic acids is 3. The van der Waals surface area contributed by atoms with E-state index in [4.69, 9.17) is 9.47 Å². The highest BCUT2D eigenvalue weighted by atomic mass is 32.2. The number of anilines is 2. The number of carbonyl (C=O) groups is 3. The van der Waals surface area contributed by atoms with Gasteiger partial charge in [0.2, 0.25) is 12.2 Å². The number of hydrogen-bond donors (Lipinski definition) is 3. The molecule has 39 heavy (non-hydrogen) atoms. The Kier molecular flexibility index (Phi) is 8.18. The summed E-state index contributed by atoms with van der Waals surface area (Å²) in [6.07, 6.45) is 0.0480. The molecule has 0 aliphatic carbocycles. The number of benzene rings is 3. The minimum atomic E-state index is -0.899. The molecule has 0 radical (unpaired) electrons. The summed E-state index contributed by atoms with van der Waals surface area (Å²) in [5.74, 6) is -1.03. The van der Waals surface area contributed by atoms with Crippen molar-refractivity contribution in [1.82, 2.24) is 10.6 Å². The molecule has 2 aliphatic rings. The first kappa shape index (κ1) is 26.8. The van der Waals surface area contributed by atoms with E-state index in [1.807, 2.05) is 56.3 Å². The third kappa shape index (κ3) is 6.43. The third-order valence-corrected chi connectivity index (χ3v) is 7.70. The van der Waals surface area contributed by atoms with E-state index in [0.29, 0.717) is 30.6 Å². The van der Waals surface area contributed by atoms with Gasteiger partial charge in [0.05, 0.1) is 29.6 Å². The molecule has 5 rings (SSSR count). The number of hydrogen-bond acceptors (Lipinski definition) is 7. The summed E-state index contributed by atoms with van der Waals surface area (Å²) >= 11 is 1.64. The summed E-state index contributed by atoms with van der Waals surface area (Å²) in [5.41, 5.74) is 2.71. The lowest BCUT2D eigenvalue weighted by Gasteiger charge is -2.25. The number of fused-ring (bicyclic) bond motifs is 2. The second-order valence-corrected chi connectivity index (χ2v) is 11.1. The average molecular weight is 546 g/mol. The highest BCUT2D eigenvalue weighted by Gasteiger charge is 2.35. The van der Waals surface area contributed by atoms with Crippen molar-refractivity contribution < 1.29 is 23.9 Å². The van der Waals surface area contributed by atoms with Gasteiger partial charge in [-0.3, -0.25) is 9.59 Å². The van der Waals surface area contributed by atoms with E-state index in [-0.39, 0.29) is 17.7 Å². The molecule has 202 valence electrons. The van der Waals surface area contributed by atoms with Crippen molar-refractivity contribution in [2.24, 2.45) is 5.92 Å². The maximum absolute atomic E-state index is 13.3. The fraction of sp³-hybridized carbons (Fsp3) is 0.300. The highest BCUT2D eigenvalue weighted by Crippen LogP contribution is 2.44. The number of rotatable bonds is 8. The van der Waals surface area contributed by atoms with Gasteiger partial charge in [-0.2, -0.15) is 0 Å². The van der Waals surface area contributed by atoms with Gasteiger partial charge in [-0.1, -0.05) is 55.9 Å². The normalized spacial score (nSPS) is 18.3. The standard InChI is InChI=1S/C30H31N3O5S/c1-18(2)16-24(28(35)32-22-14-15-37-30(22)38-29(36)19-8-4-3-5-9-19)33-27(34)20-12-13-26-23(17-20)31-21-10-6-7-11-25(21)39-26/h3-13,17-18,22,24,30-31H,14-16H2,1-2H3,(H,32,35)(H,33,34)/t22-,24-,30?/m0/s1. The zero-order chi connectivity index (χ0) is 27.4. The van der Waals surface area contributed by atoms with Gasteiger partial charge in [-0.15, -0.1) is 0 Å². The first-order valence-electron chi connectivity index (χ1n) is 13.0. The molecule has 8 nitrogen and oxygen atoms in total. The molecule has 1 fully saturated rings. The smallest absolute Gasteiger partial charge is 0.340 e. The van der Waals surface area contributed by atoms with Crippen LogP contribution < -0.4 is 16.0 Å². The molecule has 3 atom stereocenters. The molecule has 1 saturated heterocycles. The summed E-state index contributed by atoms with van der Waals surface area (Å²) in [6.45, 7) is 4.34. The van der Waals surface area contributed by atoms with E-state index in [9.17, 15) is 14.4 Å². The van der Waals surface area contributed by atoms with E-state index >= 15 is 0 Å². The predicted octanol–water partition coefficient (Wildman–Crippen LogP) is 5.13. The maximum Gasteiger partial charge on any atom is 0.340 e. The van der Waals surface area contributed by atoms with Crippen molar-refractivity contribution in [3.05, 3.63) is 83.9 Å². The first-order chi connectivity index (χ1) is 18.9. The number of esters is 1. The monoisotopic (exact) mass is 545 g/mol. The Morgan fingerprint density at radius 1 is 0.974 bits per heavy atom. The SMILES string of the molecule is CC(C)C[C@H](NC(=O)c1ccc2c(c1)Nc1ccccc1S2)C(=O)N[C@H]1CCOC1OC(=O)c1ccccc1. The summed E-state index contributed by atoms with van der Waals surface area (Å²) in [7, 11) is 0. The minimum absolute atomic E-state index is 0.158. The zero-order valence-electron chi connectivity index (χ0n) is 21.8. The number of nitrogens with one attached hydrogen (secondary N) is 3. The van der Waals surface area contributed by atoms with Gasteiger partial charge in [-0.05, 0) is 61.2 Å². The van der Waals surface area contributed by atoms with E-state index in [1.165, 1.54) is 0 Å². The van der Waals surface area contributed by atoms with Gasteiger partial charge in [0, 0.05) is 15.4 Å². The van der Waals surface area contributed by atoms with Gasteiger partial charge in [0.25, 0.3) is 5.91 Å². The Morgan fingerprint density at radius 3 is 2.51 bits per heavy atom. The van der Waals surface area contributed by atoms with Crippen molar-refractivity contribution in [2.45, 2.75) is 54.9 Å². The summed E-state index contributed by atoms with van der Waals surface area (Å²) < 4.78 is 11.1. The van der Waals surface area contributed by atoms with Crippen LogP contribution in [0, 0.1) is 5.92 Å². The van der Waals surface area contributed by atoms with Crippen molar-refractivity contribution >= 4 is 40.9 Å². The van der Waals surface area contributed by atoms with Crippen LogP contribution in [0.4, 0.5) is 11.4 Å². The molecular weight excluding hydrogens is 514 g/mol. The maximum atomic E-state index is 13.3. The Balaban J connectivity index is 1.24. The Bertz CT molecular complexity index is 1360. The van der Waals surface area contributed by atoms with Crippen LogP contribution in [0.5, 0.6) is 0 Å². The molecule has 9 heteroatoms. The highest BCUT2D eigenvalue weighted by molar-refractivity contribution is 7.99. The Labute approximate surface area is 231 Å². The third-order valence-electron chi connectivity index (χ3n) is 6.55. The van der Waals surface area contributed by atoms with E-state index < -0.39 is 24.3 Å². The second kappa shape index (κ2) is 11.9. The van der Waals surface area contributed by atoms with Gasteiger partial charge in [0.1, 0.15) is 6.04 Å². The topological polar surface area (TPSA) is 106 Å². The molecule has 0 aromatic heterocycles. The Hall–Kier alpha value is -3.82. The van der Waals surface area contributed by atoms with Crippen LogP contribution >= 0.6 is 11.8 Å². The van der Waals surface area contributed by atoms with Crippen LogP contribution in [-0.2, 0) is 14.3 Å². The molecule has 3 aromatic rings. The van der Waals surface area contributed by atoms with Crippen molar-refractivity contribution in [2.75, 3.05) is 11.9 Å². The van der Waals surface area contributed by atoms with Gasteiger partial charge in [-0.25, -0.2) is 4.79 Å². The molecule has 0 spiro atoms. The molecule has 2 amide bonds. The number of para-hydroxylation sites is 1. The lowest BCUT2D eigenvalue weighted by molar-refractivity contribution is -0.128. The molecule has 0 bridgehead atoms. The summed E-state index contributed by atoms with van der Waals surface area (Å²) in [5, 5.41) is 9.24. The second-order valence-electron chi connectivity index (χ2n) is 10.0. The van der Waals surface area contributed by atoms with Crippen LogP contribution in [-0.4, -0.2) is 42.8 Å². The van der Waals surface area contributed by atoms with Crippen molar-refractivity contribution in [3.8, 4) is 0 Å². The van der Waals surface area contributed by atoms with Crippen molar-refractivity contribution in [1.29, 1.82) is 0 Å². The molecule has 3 N–H and O–H groups in total. The Morgan fingerprint density at radius 2 is 1.72 bits per heavy atom.